The van der Waals surface area contributed by atoms with Gasteiger partial charge in [-0.15, -0.1) is 11.6 Å². The standard InChI is InChI=1S/C4H7ClN2O/c5-2-1-3(8)4(6)7/h1-2H2,(H3,6,7). The number of Topliss-reactive ketones (excluding diaryl/α,β-unsaturated/α-hetero) is 1. The summed E-state index contributed by atoms with van der Waals surface area (Å²) < 4.78 is 0. The van der Waals surface area contributed by atoms with Crippen molar-refractivity contribution in [2.75, 3.05) is 5.88 Å². The molecular weight excluding hydrogens is 128 g/mol. The molecule has 0 spiro atoms. The van der Waals surface area contributed by atoms with Crippen molar-refractivity contribution in [3.05, 3.63) is 0 Å². The number of amidine groups is 1. The minimum atomic E-state index is -0.411. The van der Waals surface area contributed by atoms with Gasteiger partial charge in [0, 0.05) is 12.3 Å². The van der Waals surface area contributed by atoms with Gasteiger partial charge in [0.05, 0.1) is 0 Å². The van der Waals surface area contributed by atoms with E-state index in [4.69, 9.17) is 22.7 Å². The molecule has 3 N–H and O–H groups in total. The number of halogens is 1. The zero-order chi connectivity index (χ0) is 6.57. The van der Waals surface area contributed by atoms with Crippen molar-refractivity contribution in [1.82, 2.24) is 0 Å². The first-order chi connectivity index (χ1) is 3.68. The van der Waals surface area contributed by atoms with E-state index in [1.807, 2.05) is 0 Å². The largest absolute Gasteiger partial charge is 0.381 e. The van der Waals surface area contributed by atoms with Crippen molar-refractivity contribution in [3.63, 3.8) is 0 Å². The fourth-order valence-electron chi connectivity index (χ4n) is 0.220. The third-order valence-corrected chi connectivity index (χ3v) is 0.811. The van der Waals surface area contributed by atoms with Crippen LogP contribution in [-0.2, 0) is 4.79 Å². The Bertz CT molecular complexity index is 113. The first kappa shape index (κ1) is 7.43. The van der Waals surface area contributed by atoms with Gasteiger partial charge in [0.25, 0.3) is 0 Å². The van der Waals surface area contributed by atoms with E-state index in [1.54, 1.807) is 0 Å². The van der Waals surface area contributed by atoms with E-state index in [2.05, 4.69) is 0 Å². The summed E-state index contributed by atoms with van der Waals surface area (Å²) in [5.74, 6) is -0.566. The quantitative estimate of drug-likeness (QED) is 0.327. The predicted molar refractivity (Wildman–Crippen MR) is 32.3 cm³/mol. The molecule has 0 aromatic carbocycles. The van der Waals surface area contributed by atoms with Crippen LogP contribution in [0.25, 0.3) is 0 Å². The van der Waals surface area contributed by atoms with Gasteiger partial charge in [0.15, 0.2) is 11.6 Å². The lowest BCUT2D eigenvalue weighted by molar-refractivity contribution is -0.112. The Labute approximate surface area is 52.3 Å². The molecule has 3 nitrogen and oxygen atoms in total. The fraction of sp³-hybridized carbons (Fsp3) is 0.500. The van der Waals surface area contributed by atoms with Crippen LogP contribution < -0.4 is 5.73 Å². The molecule has 4 heteroatoms. The molecule has 0 aliphatic heterocycles. The van der Waals surface area contributed by atoms with Crippen LogP contribution in [0.3, 0.4) is 0 Å². The Morgan fingerprint density at radius 1 is 1.75 bits per heavy atom. The van der Waals surface area contributed by atoms with Crippen LogP contribution in [0.2, 0.25) is 0 Å². The molecule has 0 radical (unpaired) electrons. The van der Waals surface area contributed by atoms with Crippen LogP contribution in [-0.4, -0.2) is 17.5 Å². The second-order valence-electron chi connectivity index (χ2n) is 1.28. The van der Waals surface area contributed by atoms with Gasteiger partial charge >= 0.3 is 0 Å². The number of ketones is 1. The zero-order valence-corrected chi connectivity index (χ0v) is 5.03. The molecule has 0 aliphatic rings. The van der Waals surface area contributed by atoms with Crippen molar-refractivity contribution in [3.8, 4) is 0 Å². The van der Waals surface area contributed by atoms with Gasteiger partial charge in [-0.2, -0.15) is 0 Å². The van der Waals surface area contributed by atoms with Gasteiger partial charge < -0.3 is 5.73 Å². The molecule has 0 rings (SSSR count). The summed E-state index contributed by atoms with van der Waals surface area (Å²) in [5.41, 5.74) is 4.80. The summed E-state index contributed by atoms with van der Waals surface area (Å²) in [6, 6.07) is 0. The minimum Gasteiger partial charge on any atom is -0.381 e. The van der Waals surface area contributed by atoms with Crippen LogP contribution in [0.1, 0.15) is 6.42 Å². The maximum atomic E-state index is 10.3. The van der Waals surface area contributed by atoms with Gasteiger partial charge in [0.2, 0.25) is 0 Å². The highest BCUT2D eigenvalue weighted by Crippen LogP contribution is 1.84. The molecule has 0 saturated heterocycles. The Morgan fingerprint density at radius 3 is 2.38 bits per heavy atom. The van der Waals surface area contributed by atoms with Gasteiger partial charge in [-0.05, 0) is 0 Å². The van der Waals surface area contributed by atoms with E-state index >= 15 is 0 Å². The average Bonchev–Trinajstić information content (AvgIpc) is 1.67. The number of carbonyl (C=O) groups excluding carboxylic acids is 1. The van der Waals surface area contributed by atoms with Gasteiger partial charge in [0.1, 0.15) is 0 Å². The molecule has 0 heterocycles. The van der Waals surface area contributed by atoms with Gasteiger partial charge in [-0.3, -0.25) is 10.2 Å². The van der Waals surface area contributed by atoms with Crippen molar-refractivity contribution in [2.24, 2.45) is 5.73 Å². The second-order valence-corrected chi connectivity index (χ2v) is 1.65. The maximum Gasteiger partial charge on any atom is 0.198 e. The first-order valence-electron chi connectivity index (χ1n) is 2.11. The van der Waals surface area contributed by atoms with Crippen molar-refractivity contribution in [2.45, 2.75) is 6.42 Å². The number of nitrogens with two attached hydrogens (primary N) is 1. The van der Waals surface area contributed by atoms with Crippen molar-refractivity contribution in [1.29, 1.82) is 5.41 Å². The topological polar surface area (TPSA) is 66.9 Å². The van der Waals surface area contributed by atoms with E-state index in [0.717, 1.165) is 0 Å². The monoisotopic (exact) mass is 134 g/mol. The van der Waals surface area contributed by atoms with Crippen molar-refractivity contribution >= 4 is 23.2 Å². The molecule has 0 saturated carbocycles. The second kappa shape index (κ2) is 3.43. The molecule has 0 aliphatic carbocycles. The Kier molecular flexibility index (Phi) is 3.19. The summed E-state index contributed by atoms with van der Waals surface area (Å²) in [5, 5.41) is 6.57. The third kappa shape index (κ3) is 2.58. The Balaban J connectivity index is 3.49. The summed E-state index contributed by atoms with van der Waals surface area (Å²) in [6.45, 7) is 0. The molecule has 8 heavy (non-hydrogen) atoms. The molecule has 46 valence electrons. The van der Waals surface area contributed by atoms with Crippen LogP contribution >= 0.6 is 11.6 Å². The Hall–Kier alpha value is -0.570. The lowest BCUT2D eigenvalue weighted by Gasteiger charge is -1.89. The SMILES string of the molecule is N=C(N)C(=O)CCCl. The predicted octanol–water partition coefficient (Wildman–Crippen LogP) is 0.120. The molecule has 0 aromatic rings. The normalized spacial score (nSPS) is 8.62. The number of rotatable bonds is 3. The molecular formula is C4H7ClN2O. The van der Waals surface area contributed by atoms with Crippen LogP contribution in [0, 0.1) is 5.41 Å². The van der Waals surface area contributed by atoms with Crippen LogP contribution in [0.5, 0.6) is 0 Å². The van der Waals surface area contributed by atoms with Crippen LogP contribution in [0.4, 0.5) is 0 Å². The summed E-state index contributed by atoms with van der Waals surface area (Å²) in [4.78, 5) is 10.3. The minimum absolute atomic E-state index is 0.164. The van der Waals surface area contributed by atoms with Gasteiger partial charge in [-0.25, -0.2) is 0 Å². The number of carbonyl (C=O) groups is 1. The van der Waals surface area contributed by atoms with E-state index in [9.17, 15) is 4.79 Å². The van der Waals surface area contributed by atoms with E-state index in [0.29, 0.717) is 0 Å². The molecule has 0 atom stereocenters. The highest BCUT2D eigenvalue weighted by atomic mass is 35.5. The third-order valence-electron chi connectivity index (χ3n) is 0.622. The van der Waals surface area contributed by atoms with E-state index < -0.39 is 5.84 Å². The van der Waals surface area contributed by atoms with Crippen LogP contribution in [0.15, 0.2) is 0 Å². The van der Waals surface area contributed by atoms with E-state index in [-0.39, 0.29) is 18.1 Å². The Morgan fingerprint density at radius 2 is 2.25 bits per heavy atom. The van der Waals surface area contributed by atoms with Gasteiger partial charge in [-0.1, -0.05) is 0 Å². The number of alkyl halides is 1. The smallest absolute Gasteiger partial charge is 0.198 e. The zero-order valence-electron chi connectivity index (χ0n) is 4.28. The lowest BCUT2D eigenvalue weighted by Crippen LogP contribution is -2.22. The molecule has 0 amide bonds. The number of hydrogen-bond donors (Lipinski definition) is 2. The molecule has 0 unspecified atom stereocenters. The summed E-state index contributed by atoms with van der Waals surface area (Å²) in [6.07, 6.45) is 0.164. The number of hydrogen-bond acceptors (Lipinski definition) is 2. The van der Waals surface area contributed by atoms with E-state index in [1.165, 1.54) is 0 Å². The highest BCUT2D eigenvalue weighted by Gasteiger charge is 2.01. The highest BCUT2D eigenvalue weighted by molar-refractivity contribution is 6.38. The maximum absolute atomic E-state index is 10.3. The number of nitrogens with one attached hydrogen (secondary N) is 1. The fourth-order valence-corrected chi connectivity index (χ4v) is 0.392. The first-order valence-corrected chi connectivity index (χ1v) is 2.65. The summed E-state index contributed by atoms with van der Waals surface area (Å²) >= 11 is 5.17. The van der Waals surface area contributed by atoms with Crippen molar-refractivity contribution < 1.29 is 4.79 Å². The molecule has 0 fully saturated rings. The molecule has 0 bridgehead atoms. The lowest BCUT2D eigenvalue weighted by atomic mass is 10.3. The summed E-state index contributed by atoms with van der Waals surface area (Å²) in [7, 11) is 0. The molecule has 0 aromatic heterocycles. The average molecular weight is 135 g/mol.